The highest BCUT2D eigenvalue weighted by Crippen LogP contribution is 2.23. The van der Waals surface area contributed by atoms with E-state index in [2.05, 4.69) is 31.7 Å². The van der Waals surface area contributed by atoms with Crippen LogP contribution in [0.5, 0.6) is 0 Å². The summed E-state index contributed by atoms with van der Waals surface area (Å²) in [6.07, 6.45) is 4.36. The van der Waals surface area contributed by atoms with E-state index in [0.29, 0.717) is 11.8 Å². The first-order valence-electron chi connectivity index (χ1n) is 8.70. The van der Waals surface area contributed by atoms with Crippen molar-refractivity contribution in [2.75, 3.05) is 17.2 Å². The van der Waals surface area contributed by atoms with Crippen LogP contribution in [0.15, 0.2) is 73.1 Å². The second-order valence-corrected chi connectivity index (χ2v) is 6.51. The van der Waals surface area contributed by atoms with Gasteiger partial charge in [-0.1, -0.05) is 41.9 Å². The van der Waals surface area contributed by atoms with Gasteiger partial charge in [-0.15, -0.1) is 0 Å². The Labute approximate surface area is 162 Å². The SMILES string of the molecule is Clc1cccc(CCNc2nccc(Nc3cccc4cccnc34)n2)c1. The van der Waals surface area contributed by atoms with Gasteiger partial charge in [0.15, 0.2) is 0 Å². The molecule has 4 rings (SSSR count). The number of aromatic nitrogens is 3. The van der Waals surface area contributed by atoms with Crippen molar-refractivity contribution in [2.45, 2.75) is 6.42 Å². The molecule has 5 nitrogen and oxygen atoms in total. The minimum Gasteiger partial charge on any atom is -0.354 e. The number of anilines is 3. The third-order valence-corrected chi connectivity index (χ3v) is 4.37. The van der Waals surface area contributed by atoms with Crippen LogP contribution in [-0.4, -0.2) is 21.5 Å². The summed E-state index contributed by atoms with van der Waals surface area (Å²) in [5.74, 6) is 1.30. The third kappa shape index (κ3) is 4.33. The number of hydrogen-bond acceptors (Lipinski definition) is 5. The molecular formula is C21H18ClN5. The Balaban J connectivity index is 1.44. The molecule has 4 aromatic rings. The van der Waals surface area contributed by atoms with Gasteiger partial charge in [0, 0.05) is 29.3 Å². The van der Waals surface area contributed by atoms with Crippen LogP contribution in [0.4, 0.5) is 17.5 Å². The van der Waals surface area contributed by atoms with E-state index in [9.17, 15) is 0 Å². The molecule has 0 bridgehead atoms. The van der Waals surface area contributed by atoms with E-state index >= 15 is 0 Å². The highest BCUT2D eigenvalue weighted by Gasteiger charge is 2.04. The van der Waals surface area contributed by atoms with Crippen molar-refractivity contribution >= 4 is 40.0 Å². The van der Waals surface area contributed by atoms with Crippen LogP contribution in [0.2, 0.25) is 5.02 Å². The highest BCUT2D eigenvalue weighted by molar-refractivity contribution is 6.30. The van der Waals surface area contributed by atoms with Gasteiger partial charge in [-0.05, 0) is 42.3 Å². The number of fused-ring (bicyclic) bond motifs is 1. The molecule has 2 heterocycles. The molecule has 2 N–H and O–H groups in total. The van der Waals surface area contributed by atoms with Crippen LogP contribution >= 0.6 is 11.6 Å². The summed E-state index contributed by atoms with van der Waals surface area (Å²) in [6.45, 7) is 0.722. The Morgan fingerprint density at radius 2 is 1.78 bits per heavy atom. The van der Waals surface area contributed by atoms with Crippen molar-refractivity contribution in [3.05, 3.63) is 83.6 Å². The number of hydrogen-bond donors (Lipinski definition) is 2. The highest BCUT2D eigenvalue weighted by atomic mass is 35.5. The predicted molar refractivity (Wildman–Crippen MR) is 111 cm³/mol. The van der Waals surface area contributed by atoms with Gasteiger partial charge in [0.05, 0.1) is 11.2 Å². The topological polar surface area (TPSA) is 62.7 Å². The molecule has 0 fully saturated rings. The predicted octanol–water partition coefficient (Wildman–Crippen LogP) is 5.08. The van der Waals surface area contributed by atoms with Crippen molar-refractivity contribution in [2.24, 2.45) is 0 Å². The number of nitrogens with one attached hydrogen (secondary N) is 2. The lowest BCUT2D eigenvalue weighted by Gasteiger charge is -2.10. The minimum atomic E-state index is 0.579. The normalized spacial score (nSPS) is 10.7. The van der Waals surface area contributed by atoms with E-state index in [1.807, 2.05) is 54.6 Å². The molecule has 27 heavy (non-hydrogen) atoms. The first-order chi connectivity index (χ1) is 13.3. The first kappa shape index (κ1) is 17.2. The number of para-hydroxylation sites is 1. The molecule has 134 valence electrons. The van der Waals surface area contributed by atoms with Crippen LogP contribution in [0.25, 0.3) is 10.9 Å². The van der Waals surface area contributed by atoms with Crippen molar-refractivity contribution in [1.82, 2.24) is 15.0 Å². The lowest BCUT2D eigenvalue weighted by atomic mass is 10.1. The van der Waals surface area contributed by atoms with Gasteiger partial charge in [-0.25, -0.2) is 4.98 Å². The summed E-state index contributed by atoms with van der Waals surface area (Å²) in [4.78, 5) is 13.3. The van der Waals surface area contributed by atoms with E-state index in [1.165, 1.54) is 5.56 Å². The molecule has 0 aliphatic heterocycles. The van der Waals surface area contributed by atoms with Crippen LogP contribution in [0.1, 0.15) is 5.56 Å². The molecule has 0 aliphatic carbocycles. The molecule has 6 heteroatoms. The molecule has 0 radical (unpaired) electrons. The Hall–Kier alpha value is -3.18. The second-order valence-electron chi connectivity index (χ2n) is 6.08. The average Bonchev–Trinajstić information content (AvgIpc) is 2.69. The van der Waals surface area contributed by atoms with E-state index in [-0.39, 0.29) is 0 Å². The van der Waals surface area contributed by atoms with Crippen LogP contribution in [-0.2, 0) is 6.42 Å². The monoisotopic (exact) mass is 375 g/mol. The zero-order chi connectivity index (χ0) is 18.5. The Bertz CT molecular complexity index is 1060. The fraction of sp³-hybridized carbons (Fsp3) is 0.0952. The van der Waals surface area contributed by atoms with Gasteiger partial charge in [0.25, 0.3) is 0 Å². The van der Waals surface area contributed by atoms with Crippen molar-refractivity contribution in [3.63, 3.8) is 0 Å². The van der Waals surface area contributed by atoms with Gasteiger partial charge in [-0.3, -0.25) is 4.98 Å². The molecule has 0 unspecified atom stereocenters. The van der Waals surface area contributed by atoms with E-state index in [4.69, 9.17) is 11.6 Å². The van der Waals surface area contributed by atoms with Crippen molar-refractivity contribution < 1.29 is 0 Å². The maximum atomic E-state index is 6.02. The fourth-order valence-electron chi connectivity index (χ4n) is 2.87. The number of pyridine rings is 1. The van der Waals surface area contributed by atoms with E-state index in [0.717, 1.165) is 34.6 Å². The fourth-order valence-corrected chi connectivity index (χ4v) is 3.08. The molecule has 0 saturated carbocycles. The number of nitrogens with zero attached hydrogens (tertiary/aromatic N) is 3. The standard InChI is InChI=1S/C21H18ClN5/c22-17-7-1-4-15(14-17)9-12-24-21-25-13-10-19(27-21)26-18-8-2-5-16-6-3-11-23-20(16)18/h1-8,10-11,13-14H,9,12H2,(H2,24,25,26,27). The molecular weight excluding hydrogens is 358 g/mol. The van der Waals surface area contributed by atoms with E-state index in [1.54, 1.807) is 12.4 Å². The van der Waals surface area contributed by atoms with Gasteiger partial charge in [0.2, 0.25) is 5.95 Å². The Morgan fingerprint density at radius 3 is 2.70 bits per heavy atom. The van der Waals surface area contributed by atoms with Crippen LogP contribution in [0.3, 0.4) is 0 Å². The van der Waals surface area contributed by atoms with Gasteiger partial charge in [-0.2, -0.15) is 4.98 Å². The van der Waals surface area contributed by atoms with Crippen LogP contribution < -0.4 is 10.6 Å². The largest absolute Gasteiger partial charge is 0.354 e. The van der Waals surface area contributed by atoms with Crippen molar-refractivity contribution in [3.8, 4) is 0 Å². The maximum Gasteiger partial charge on any atom is 0.224 e. The lowest BCUT2D eigenvalue weighted by Crippen LogP contribution is -2.08. The summed E-state index contributed by atoms with van der Waals surface area (Å²) in [6, 6.07) is 19.7. The van der Waals surface area contributed by atoms with Gasteiger partial charge >= 0.3 is 0 Å². The minimum absolute atomic E-state index is 0.579. The Kier molecular flexibility index (Phi) is 5.12. The number of rotatable bonds is 6. The molecule has 2 aromatic carbocycles. The summed E-state index contributed by atoms with van der Waals surface area (Å²) in [5.41, 5.74) is 3.00. The maximum absolute atomic E-state index is 6.02. The summed E-state index contributed by atoms with van der Waals surface area (Å²) >= 11 is 6.02. The average molecular weight is 376 g/mol. The zero-order valence-electron chi connectivity index (χ0n) is 14.6. The lowest BCUT2D eigenvalue weighted by molar-refractivity contribution is 0.985. The van der Waals surface area contributed by atoms with E-state index < -0.39 is 0 Å². The second kappa shape index (κ2) is 8.01. The molecule has 0 saturated heterocycles. The van der Waals surface area contributed by atoms with Gasteiger partial charge in [0.1, 0.15) is 5.82 Å². The van der Waals surface area contributed by atoms with Crippen LogP contribution in [0, 0.1) is 0 Å². The number of benzene rings is 2. The number of halogens is 1. The summed E-state index contributed by atoms with van der Waals surface area (Å²) in [7, 11) is 0. The molecule has 2 aromatic heterocycles. The first-order valence-corrected chi connectivity index (χ1v) is 9.08. The van der Waals surface area contributed by atoms with Gasteiger partial charge < -0.3 is 10.6 Å². The smallest absolute Gasteiger partial charge is 0.224 e. The summed E-state index contributed by atoms with van der Waals surface area (Å²) in [5, 5.41) is 8.42. The Morgan fingerprint density at radius 1 is 0.889 bits per heavy atom. The zero-order valence-corrected chi connectivity index (χ0v) is 15.3. The summed E-state index contributed by atoms with van der Waals surface area (Å²) < 4.78 is 0. The quantitative estimate of drug-likeness (QED) is 0.492. The molecule has 0 atom stereocenters. The molecule has 0 aliphatic rings. The molecule has 0 spiro atoms. The van der Waals surface area contributed by atoms with Crippen molar-refractivity contribution in [1.29, 1.82) is 0 Å². The third-order valence-electron chi connectivity index (χ3n) is 4.14. The molecule has 0 amide bonds.